The Hall–Kier alpha value is -1.33. The maximum Gasteiger partial charge on any atom is 0.224 e. The van der Waals surface area contributed by atoms with E-state index in [1.165, 1.54) is 0 Å². The number of aryl methyl sites for hydroxylation is 2. The van der Waals surface area contributed by atoms with Crippen molar-refractivity contribution in [2.24, 2.45) is 0 Å². The fraction of sp³-hybridized carbons (Fsp3) is 0.286. The first-order chi connectivity index (χ1) is 9.47. The SMILES string of the molecule is Cc1noc(C)c1CC(=O)NCc1ccc(Br)cc1Cl. The predicted octanol–water partition coefficient (Wildman–Crippen LogP) is 3.57. The van der Waals surface area contributed by atoms with Crippen LogP contribution in [0.5, 0.6) is 0 Å². The fourth-order valence-electron chi connectivity index (χ4n) is 1.84. The zero-order chi connectivity index (χ0) is 14.7. The third-order valence-electron chi connectivity index (χ3n) is 3.01. The minimum Gasteiger partial charge on any atom is -0.361 e. The van der Waals surface area contributed by atoms with Crippen molar-refractivity contribution in [2.45, 2.75) is 26.8 Å². The molecule has 0 spiro atoms. The lowest BCUT2D eigenvalue weighted by Crippen LogP contribution is -2.25. The second-order valence-electron chi connectivity index (χ2n) is 4.49. The molecule has 20 heavy (non-hydrogen) atoms. The van der Waals surface area contributed by atoms with Crippen LogP contribution in [0, 0.1) is 13.8 Å². The average Bonchev–Trinajstić information content (AvgIpc) is 2.69. The predicted molar refractivity (Wildman–Crippen MR) is 80.7 cm³/mol. The van der Waals surface area contributed by atoms with Gasteiger partial charge >= 0.3 is 0 Å². The van der Waals surface area contributed by atoms with Gasteiger partial charge in [-0.05, 0) is 31.5 Å². The number of halogens is 2. The van der Waals surface area contributed by atoms with Crippen molar-refractivity contribution in [3.8, 4) is 0 Å². The summed E-state index contributed by atoms with van der Waals surface area (Å²) >= 11 is 9.44. The first-order valence-corrected chi connectivity index (χ1v) is 7.27. The van der Waals surface area contributed by atoms with Gasteiger partial charge in [0.2, 0.25) is 5.91 Å². The number of nitrogens with one attached hydrogen (secondary N) is 1. The van der Waals surface area contributed by atoms with Crippen LogP contribution < -0.4 is 5.32 Å². The van der Waals surface area contributed by atoms with Crippen LogP contribution in [-0.2, 0) is 17.8 Å². The molecule has 0 aliphatic carbocycles. The smallest absolute Gasteiger partial charge is 0.224 e. The van der Waals surface area contributed by atoms with E-state index >= 15 is 0 Å². The number of carbonyl (C=O) groups excluding carboxylic acids is 1. The summed E-state index contributed by atoms with van der Waals surface area (Å²) in [6.45, 7) is 4.02. The first kappa shape index (κ1) is 15.1. The Labute approximate surface area is 130 Å². The van der Waals surface area contributed by atoms with Gasteiger partial charge < -0.3 is 9.84 Å². The van der Waals surface area contributed by atoms with Crippen LogP contribution in [0.15, 0.2) is 27.2 Å². The Morgan fingerprint density at radius 1 is 1.45 bits per heavy atom. The van der Waals surface area contributed by atoms with Crippen LogP contribution in [-0.4, -0.2) is 11.1 Å². The van der Waals surface area contributed by atoms with Gasteiger partial charge in [-0.2, -0.15) is 0 Å². The molecule has 2 rings (SSSR count). The third kappa shape index (κ3) is 3.61. The second kappa shape index (κ2) is 6.41. The maximum atomic E-state index is 11.9. The van der Waals surface area contributed by atoms with Crippen molar-refractivity contribution in [2.75, 3.05) is 0 Å². The molecule has 0 aliphatic heterocycles. The molecule has 0 saturated carbocycles. The maximum absolute atomic E-state index is 11.9. The lowest BCUT2D eigenvalue weighted by atomic mass is 10.1. The molecular formula is C14H14BrClN2O2. The minimum absolute atomic E-state index is 0.0848. The van der Waals surface area contributed by atoms with Gasteiger partial charge in [-0.3, -0.25) is 4.79 Å². The fourth-order valence-corrected chi connectivity index (χ4v) is 2.58. The molecular weight excluding hydrogens is 344 g/mol. The van der Waals surface area contributed by atoms with E-state index < -0.39 is 0 Å². The van der Waals surface area contributed by atoms with E-state index in [4.69, 9.17) is 16.1 Å². The summed E-state index contributed by atoms with van der Waals surface area (Å²) in [4.78, 5) is 11.9. The highest BCUT2D eigenvalue weighted by molar-refractivity contribution is 9.10. The van der Waals surface area contributed by atoms with Gasteiger partial charge in [-0.15, -0.1) is 0 Å². The Morgan fingerprint density at radius 3 is 2.80 bits per heavy atom. The van der Waals surface area contributed by atoms with E-state index in [1.54, 1.807) is 13.0 Å². The van der Waals surface area contributed by atoms with E-state index in [0.29, 0.717) is 17.3 Å². The van der Waals surface area contributed by atoms with Gasteiger partial charge in [0.1, 0.15) is 5.76 Å². The molecule has 0 bridgehead atoms. The molecule has 0 unspecified atom stereocenters. The number of benzene rings is 1. The molecule has 0 fully saturated rings. The van der Waals surface area contributed by atoms with Crippen molar-refractivity contribution >= 4 is 33.4 Å². The third-order valence-corrected chi connectivity index (χ3v) is 3.85. The minimum atomic E-state index is -0.0848. The van der Waals surface area contributed by atoms with E-state index in [0.717, 1.165) is 21.3 Å². The van der Waals surface area contributed by atoms with E-state index in [-0.39, 0.29) is 12.3 Å². The van der Waals surface area contributed by atoms with Gasteiger partial charge in [0.05, 0.1) is 12.1 Å². The normalized spacial score (nSPS) is 10.6. The molecule has 6 heteroatoms. The number of carbonyl (C=O) groups is 1. The van der Waals surface area contributed by atoms with Crippen molar-refractivity contribution in [3.63, 3.8) is 0 Å². The van der Waals surface area contributed by atoms with E-state index in [2.05, 4.69) is 26.4 Å². The lowest BCUT2D eigenvalue weighted by Gasteiger charge is -2.07. The van der Waals surface area contributed by atoms with Crippen molar-refractivity contribution < 1.29 is 9.32 Å². The summed E-state index contributed by atoms with van der Waals surface area (Å²) in [5, 5.41) is 7.30. The van der Waals surface area contributed by atoms with Gasteiger partial charge in [0, 0.05) is 21.6 Å². The Bertz CT molecular complexity index is 621. The number of amides is 1. The van der Waals surface area contributed by atoms with E-state index in [1.807, 2.05) is 19.1 Å². The topological polar surface area (TPSA) is 55.1 Å². The summed E-state index contributed by atoms with van der Waals surface area (Å²) in [7, 11) is 0. The quantitative estimate of drug-likeness (QED) is 0.910. The number of hydrogen-bond acceptors (Lipinski definition) is 3. The molecule has 106 valence electrons. The number of hydrogen-bond donors (Lipinski definition) is 1. The zero-order valence-corrected chi connectivity index (χ0v) is 13.5. The highest BCUT2D eigenvalue weighted by Crippen LogP contribution is 2.21. The van der Waals surface area contributed by atoms with Crippen molar-refractivity contribution in [1.82, 2.24) is 10.5 Å². The number of rotatable bonds is 4. The summed E-state index contributed by atoms with van der Waals surface area (Å²) < 4.78 is 5.95. The monoisotopic (exact) mass is 356 g/mol. The van der Waals surface area contributed by atoms with Crippen LogP contribution in [0.3, 0.4) is 0 Å². The zero-order valence-electron chi connectivity index (χ0n) is 11.2. The largest absolute Gasteiger partial charge is 0.361 e. The number of nitrogens with zero attached hydrogens (tertiary/aromatic N) is 1. The molecule has 0 saturated heterocycles. The number of aromatic nitrogens is 1. The Kier molecular flexibility index (Phi) is 4.83. The molecule has 0 radical (unpaired) electrons. The molecule has 1 heterocycles. The van der Waals surface area contributed by atoms with Gasteiger partial charge in [-0.1, -0.05) is 38.8 Å². The van der Waals surface area contributed by atoms with Gasteiger partial charge in [-0.25, -0.2) is 0 Å². The second-order valence-corrected chi connectivity index (χ2v) is 5.81. The molecule has 1 aromatic carbocycles. The Balaban J connectivity index is 1.96. The van der Waals surface area contributed by atoms with Crippen LogP contribution >= 0.6 is 27.5 Å². The molecule has 2 aromatic rings. The molecule has 0 atom stereocenters. The van der Waals surface area contributed by atoms with Crippen molar-refractivity contribution in [1.29, 1.82) is 0 Å². The van der Waals surface area contributed by atoms with E-state index in [9.17, 15) is 4.79 Å². The summed E-state index contributed by atoms with van der Waals surface area (Å²) in [5.74, 6) is 0.595. The highest BCUT2D eigenvalue weighted by Gasteiger charge is 2.13. The molecule has 1 amide bonds. The van der Waals surface area contributed by atoms with Gasteiger partial charge in [0.25, 0.3) is 0 Å². The molecule has 0 aliphatic rings. The lowest BCUT2D eigenvalue weighted by molar-refractivity contribution is -0.120. The highest BCUT2D eigenvalue weighted by atomic mass is 79.9. The average molecular weight is 358 g/mol. The molecule has 1 N–H and O–H groups in total. The van der Waals surface area contributed by atoms with Crippen LogP contribution in [0.2, 0.25) is 5.02 Å². The summed E-state index contributed by atoms with van der Waals surface area (Å²) in [6.07, 6.45) is 0.259. The standard InChI is InChI=1S/C14H14BrClN2O2/c1-8-12(9(2)20-18-8)6-14(19)17-7-10-3-4-11(15)5-13(10)16/h3-5H,6-7H2,1-2H3,(H,17,19). The summed E-state index contributed by atoms with van der Waals surface area (Å²) in [6, 6.07) is 5.57. The van der Waals surface area contributed by atoms with Crippen LogP contribution in [0.1, 0.15) is 22.6 Å². The molecule has 4 nitrogen and oxygen atoms in total. The van der Waals surface area contributed by atoms with Crippen LogP contribution in [0.4, 0.5) is 0 Å². The van der Waals surface area contributed by atoms with Crippen molar-refractivity contribution in [3.05, 3.63) is 50.3 Å². The Morgan fingerprint density at radius 2 is 2.20 bits per heavy atom. The van der Waals surface area contributed by atoms with Crippen LogP contribution in [0.25, 0.3) is 0 Å². The molecule has 1 aromatic heterocycles. The summed E-state index contributed by atoms with van der Waals surface area (Å²) in [5.41, 5.74) is 2.46. The van der Waals surface area contributed by atoms with Gasteiger partial charge in [0.15, 0.2) is 0 Å². The first-order valence-electron chi connectivity index (χ1n) is 6.09.